The molecule has 1 aromatic heterocycles. The highest BCUT2D eigenvalue weighted by Crippen LogP contribution is 2.25. The van der Waals surface area contributed by atoms with Gasteiger partial charge in [0.25, 0.3) is 17.7 Å². The molecule has 0 saturated heterocycles. The Morgan fingerprint density at radius 2 is 1.59 bits per heavy atom. The van der Waals surface area contributed by atoms with E-state index in [1.54, 1.807) is 68.0 Å². The number of hydrogen-bond donors (Lipinski definition) is 2. The van der Waals surface area contributed by atoms with Crippen molar-refractivity contribution in [3.05, 3.63) is 81.0 Å². The van der Waals surface area contributed by atoms with Gasteiger partial charge in [-0.05, 0) is 53.9 Å². The number of hydrogen-bond acceptors (Lipinski definition) is 4. The van der Waals surface area contributed by atoms with Crippen LogP contribution in [0, 0.1) is 0 Å². The highest BCUT2D eigenvalue weighted by Gasteiger charge is 2.14. The van der Waals surface area contributed by atoms with Crippen LogP contribution < -0.4 is 10.6 Å². The Hall–Kier alpha value is -3.16. The molecule has 6 nitrogen and oxygen atoms in total. The zero-order valence-corrected chi connectivity index (χ0v) is 17.3. The van der Waals surface area contributed by atoms with Crippen LogP contribution in [0.15, 0.2) is 60.0 Å². The van der Waals surface area contributed by atoms with Gasteiger partial charge in [-0.15, -0.1) is 11.3 Å². The van der Waals surface area contributed by atoms with Crippen LogP contribution in [0.25, 0.3) is 0 Å². The minimum Gasteiger partial charge on any atom is -0.345 e. The Balaban J connectivity index is 1.72. The van der Waals surface area contributed by atoms with Gasteiger partial charge in [-0.3, -0.25) is 14.4 Å². The quantitative estimate of drug-likeness (QED) is 0.624. The fraction of sp³-hybridized carbons (Fsp3) is 0.0952. The molecule has 0 aliphatic carbocycles. The summed E-state index contributed by atoms with van der Waals surface area (Å²) >= 11 is 7.47. The molecule has 0 atom stereocenters. The van der Waals surface area contributed by atoms with Crippen molar-refractivity contribution < 1.29 is 14.4 Å². The van der Waals surface area contributed by atoms with E-state index in [9.17, 15) is 14.4 Å². The van der Waals surface area contributed by atoms with E-state index in [1.807, 2.05) is 0 Å². The molecule has 3 aromatic rings. The lowest BCUT2D eigenvalue weighted by atomic mass is 10.1. The summed E-state index contributed by atoms with van der Waals surface area (Å²) in [7, 11) is 3.35. The molecule has 0 radical (unpaired) electrons. The molecule has 0 bridgehead atoms. The summed E-state index contributed by atoms with van der Waals surface area (Å²) in [6, 6.07) is 14.7. The van der Waals surface area contributed by atoms with Crippen LogP contribution >= 0.6 is 22.9 Å². The molecule has 2 aromatic carbocycles. The van der Waals surface area contributed by atoms with Crippen LogP contribution in [0.3, 0.4) is 0 Å². The third-order valence-corrected chi connectivity index (χ3v) is 5.22. The zero-order chi connectivity index (χ0) is 21.0. The van der Waals surface area contributed by atoms with Gasteiger partial charge in [0.1, 0.15) is 0 Å². The molecule has 148 valence electrons. The molecule has 3 rings (SSSR count). The molecule has 0 spiro atoms. The predicted octanol–water partition coefficient (Wildman–Crippen LogP) is 4.61. The number of carbonyl (C=O) groups is 3. The van der Waals surface area contributed by atoms with Crippen LogP contribution in [0.1, 0.15) is 30.4 Å². The van der Waals surface area contributed by atoms with Crippen molar-refractivity contribution >= 4 is 52.0 Å². The normalized spacial score (nSPS) is 10.3. The minimum atomic E-state index is -0.361. The summed E-state index contributed by atoms with van der Waals surface area (Å²) < 4.78 is 0. The van der Waals surface area contributed by atoms with Crippen molar-refractivity contribution in [3.63, 3.8) is 0 Å². The molecule has 0 saturated carbocycles. The van der Waals surface area contributed by atoms with Gasteiger partial charge in [0.2, 0.25) is 0 Å². The van der Waals surface area contributed by atoms with Crippen molar-refractivity contribution in [1.29, 1.82) is 0 Å². The van der Waals surface area contributed by atoms with E-state index in [0.717, 1.165) is 0 Å². The van der Waals surface area contributed by atoms with Crippen LogP contribution in [-0.2, 0) is 0 Å². The zero-order valence-electron chi connectivity index (χ0n) is 15.7. The molecule has 0 unspecified atom stereocenters. The summed E-state index contributed by atoms with van der Waals surface area (Å²) in [5.74, 6) is -0.771. The highest BCUT2D eigenvalue weighted by atomic mass is 35.5. The van der Waals surface area contributed by atoms with Gasteiger partial charge in [0.15, 0.2) is 0 Å². The van der Waals surface area contributed by atoms with E-state index in [2.05, 4.69) is 10.6 Å². The monoisotopic (exact) mass is 427 g/mol. The Bertz CT molecular complexity index is 1050. The number of nitrogens with one attached hydrogen (secondary N) is 2. The Labute approximate surface area is 177 Å². The number of anilines is 2. The second-order valence-corrected chi connectivity index (χ2v) is 7.71. The predicted molar refractivity (Wildman–Crippen MR) is 116 cm³/mol. The largest absolute Gasteiger partial charge is 0.345 e. The molecule has 0 aliphatic rings. The molecule has 8 heteroatoms. The summed E-state index contributed by atoms with van der Waals surface area (Å²) in [4.78, 5) is 38.8. The van der Waals surface area contributed by atoms with Crippen molar-refractivity contribution in [2.45, 2.75) is 0 Å². The maximum absolute atomic E-state index is 12.6. The third kappa shape index (κ3) is 5.01. The van der Waals surface area contributed by atoms with Gasteiger partial charge in [-0.1, -0.05) is 17.7 Å². The summed E-state index contributed by atoms with van der Waals surface area (Å²) in [6.45, 7) is 0. The number of halogens is 1. The molecule has 1 heterocycles. The summed E-state index contributed by atoms with van der Waals surface area (Å²) in [6.07, 6.45) is 0. The molecule has 2 N–H and O–H groups in total. The van der Waals surface area contributed by atoms with Crippen LogP contribution in [0.5, 0.6) is 0 Å². The number of thiophene rings is 1. The second kappa shape index (κ2) is 8.89. The van der Waals surface area contributed by atoms with E-state index >= 15 is 0 Å². The summed E-state index contributed by atoms with van der Waals surface area (Å²) in [5, 5.41) is 7.62. The van der Waals surface area contributed by atoms with Gasteiger partial charge in [0, 0.05) is 30.9 Å². The summed E-state index contributed by atoms with van der Waals surface area (Å²) in [5.41, 5.74) is 1.76. The average molecular weight is 428 g/mol. The van der Waals surface area contributed by atoms with Gasteiger partial charge < -0.3 is 15.5 Å². The Kier molecular flexibility index (Phi) is 6.31. The van der Waals surface area contributed by atoms with Crippen LogP contribution in [0.4, 0.5) is 11.4 Å². The van der Waals surface area contributed by atoms with E-state index in [1.165, 1.54) is 22.3 Å². The average Bonchev–Trinajstić information content (AvgIpc) is 3.24. The van der Waals surface area contributed by atoms with Gasteiger partial charge >= 0.3 is 0 Å². The third-order valence-electron chi connectivity index (χ3n) is 4.02. The topological polar surface area (TPSA) is 78.5 Å². The van der Waals surface area contributed by atoms with E-state index in [4.69, 9.17) is 11.6 Å². The number of carbonyl (C=O) groups excluding carboxylic acids is 3. The van der Waals surface area contributed by atoms with Gasteiger partial charge in [-0.2, -0.15) is 0 Å². The van der Waals surface area contributed by atoms with Crippen molar-refractivity contribution in [3.8, 4) is 0 Å². The lowest BCUT2D eigenvalue weighted by molar-refractivity contribution is 0.0827. The first-order valence-corrected chi connectivity index (χ1v) is 9.88. The lowest BCUT2D eigenvalue weighted by Crippen LogP contribution is -2.21. The van der Waals surface area contributed by atoms with E-state index < -0.39 is 0 Å². The fourth-order valence-electron chi connectivity index (χ4n) is 2.51. The maximum Gasteiger partial charge on any atom is 0.265 e. The van der Waals surface area contributed by atoms with E-state index in [0.29, 0.717) is 32.4 Å². The van der Waals surface area contributed by atoms with Crippen LogP contribution in [-0.4, -0.2) is 36.7 Å². The SMILES string of the molecule is CN(C)C(=O)c1ccc(NC(=O)c2ccc(Cl)c(NC(=O)c3cccs3)c2)cc1. The molecule has 0 aliphatic heterocycles. The molecule has 0 fully saturated rings. The van der Waals surface area contributed by atoms with Crippen molar-refractivity contribution in [1.82, 2.24) is 4.90 Å². The van der Waals surface area contributed by atoms with Gasteiger partial charge in [0.05, 0.1) is 15.6 Å². The Morgan fingerprint density at radius 1 is 0.897 bits per heavy atom. The van der Waals surface area contributed by atoms with Crippen molar-refractivity contribution in [2.75, 3.05) is 24.7 Å². The fourth-order valence-corrected chi connectivity index (χ4v) is 3.30. The first-order valence-electron chi connectivity index (χ1n) is 8.62. The lowest BCUT2D eigenvalue weighted by Gasteiger charge is -2.12. The number of rotatable bonds is 5. The second-order valence-electron chi connectivity index (χ2n) is 6.36. The van der Waals surface area contributed by atoms with E-state index in [-0.39, 0.29) is 17.7 Å². The first-order chi connectivity index (χ1) is 13.8. The molecular weight excluding hydrogens is 410 g/mol. The molecule has 3 amide bonds. The number of benzene rings is 2. The Morgan fingerprint density at radius 3 is 2.21 bits per heavy atom. The smallest absolute Gasteiger partial charge is 0.265 e. The molecular formula is C21H18ClN3O3S. The molecule has 29 heavy (non-hydrogen) atoms. The maximum atomic E-state index is 12.6. The number of amides is 3. The highest BCUT2D eigenvalue weighted by molar-refractivity contribution is 7.12. The van der Waals surface area contributed by atoms with Crippen LogP contribution in [0.2, 0.25) is 5.02 Å². The standard InChI is InChI=1S/C21H18ClN3O3S/c1-25(2)21(28)13-5-8-15(9-6-13)23-19(26)14-7-10-16(22)17(12-14)24-20(27)18-4-3-11-29-18/h3-12H,1-2H3,(H,23,26)(H,24,27). The minimum absolute atomic E-state index is 0.119. The van der Waals surface area contributed by atoms with Crippen molar-refractivity contribution in [2.24, 2.45) is 0 Å². The first kappa shape index (κ1) is 20.6. The van der Waals surface area contributed by atoms with Gasteiger partial charge in [-0.25, -0.2) is 0 Å². The number of nitrogens with zero attached hydrogens (tertiary/aromatic N) is 1.